The summed E-state index contributed by atoms with van der Waals surface area (Å²) in [7, 11) is 0. The number of hydrogen-bond acceptors (Lipinski definition) is 3. The van der Waals surface area contributed by atoms with Gasteiger partial charge in [0, 0.05) is 39.7 Å². The molecule has 2 amide bonds. The maximum absolute atomic E-state index is 13.3. The Hall–Kier alpha value is -2.02. The SMILES string of the molecule is CCOC(=O)CC/C=C1\CN(Cc2ccc(Cl)cc2Cl)C(=O)N(c2ccc(Br)cc2)C1. The molecule has 0 radical (unpaired) electrons. The van der Waals surface area contributed by atoms with Crippen molar-refractivity contribution in [2.24, 2.45) is 0 Å². The molecule has 0 saturated carbocycles. The molecule has 0 unspecified atom stereocenters. The Morgan fingerprint density at radius 3 is 2.58 bits per heavy atom. The van der Waals surface area contributed by atoms with Gasteiger partial charge in [0.25, 0.3) is 0 Å². The van der Waals surface area contributed by atoms with E-state index >= 15 is 0 Å². The molecule has 1 aliphatic heterocycles. The Bertz CT molecular complexity index is 979. The van der Waals surface area contributed by atoms with Crippen molar-refractivity contribution in [2.75, 3.05) is 24.6 Å². The van der Waals surface area contributed by atoms with E-state index in [0.29, 0.717) is 49.1 Å². The minimum Gasteiger partial charge on any atom is -0.466 e. The lowest BCUT2D eigenvalue weighted by molar-refractivity contribution is -0.143. The number of benzene rings is 2. The Morgan fingerprint density at radius 1 is 1.16 bits per heavy atom. The van der Waals surface area contributed by atoms with Crippen LogP contribution in [0.5, 0.6) is 0 Å². The van der Waals surface area contributed by atoms with Crippen LogP contribution in [0.15, 0.2) is 58.6 Å². The highest BCUT2D eigenvalue weighted by Crippen LogP contribution is 2.28. The first-order valence-electron chi connectivity index (χ1n) is 9.97. The molecule has 0 N–H and O–H groups in total. The van der Waals surface area contributed by atoms with E-state index in [9.17, 15) is 9.59 Å². The molecule has 5 nitrogen and oxygen atoms in total. The lowest BCUT2D eigenvalue weighted by Gasteiger charge is -2.37. The van der Waals surface area contributed by atoms with Crippen LogP contribution in [-0.2, 0) is 16.1 Å². The molecule has 31 heavy (non-hydrogen) atoms. The smallest absolute Gasteiger partial charge is 0.325 e. The van der Waals surface area contributed by atoms with Crippen LogP contribution in [0.3, 0.4) is 0 Å². The van der Waals surface area contributed by atoms with Gasteiger partial charge in [0.05, 0.1) is 13.2 Å². The van der Waals surface area contributed by atoms with Gasteiger partial charge in [-0.2, -0.15) is 0 Å². The fourth-order valence-corrected chi connectivity index (χ4v) is 4.10. The number of rotatable bonds is 7. The molecular formula is C23H23BrCl2N2O3. The van der Waals surface area contributed by atoms with Gasteiger partial charge < -0.3 is 9.64 Å². The van der Waals surface area contributed by atoms with Crippen molar-refractivity contribution in [3.63, 3.8) is 0 Å². The van der Waals surface area contributed by atoms with E-state index in [0.717, 1.165) is 21.3 Å². The second-order valence-corrected chi connectivity index (χ2v) is 8.90. The Balaban J connectivity index is 1.83. The molecule has 3 rings (SSSR count). The molecular weight excluding hydrogens is 503 g/mol. The third-order valence-electron chi connectivity index (χ3n) is 4.86. The number of hydrogen-bond donors (Lipinski definition) is 0. The third-order valence-corrected chi connectivity index (χ3v) is 5.97. The average molecular weight is 526 g/mol. The lowest BCUT2D eigenvalue weighted by Crippen LogP contribution is -2.50. The first-order valence-corrected chi connectivity index (χ1v) is 11.5. The van der Waals surface area contributed by atoms with E-state index in [-0.39, 0.29) is 12.0 Å². The van der Waals surface area contributed by atoms with Crippen molar-refractivity contribution in [3.05, 3.63) is 74.2 Å². The van der Waals surface area contributed by atoms with Crippen LogP contribution in [0, 0.1) is 0 Å². The van der Waals surface area contributed by atoms with Gasteiger partial charge in [-0.25, -0.2) is 4.79 Å². The normalized spacial score (nSPS) is 15.5. The van der Waals surface area contributed by atoms with Gasteiger partial charge in [-0.3, -0.25) is 9.69 Å². The highest BCUT2D eigenvalue weighted by molar-refractivity contribution is 9.10. The largest absolute Gasteiger partial charge is 0.466 e. The number of carbonyl (C=O) groups is 2. The summed E-state index contributed by atoms with van der Waals surface area (Å²) in [5.74, 6) is -0.221. The molecule has 0 atom stereocenters. The summed E-state index contributed by atoms with van der Waals surface area (Å²) in [5, 5.41) is 1.07. The number of halogens is 3. The van der Waals surface area contributed by atoms with Crippen LogP contribution in [0.4, 0.5) is 10.5 Å². The molecule has 2 aromatic carbocycles. The second kappa shape index (κ2) is 11.0. The molecule has 0 spiro atoms. The van der Waals surface area contributed by atoms with Crippen molar-refractivity contribution < 1.29 is 14.3 Å². The summed E-state index contributed by atoms with van der Waals surface area (Å²) < 4.78 is 5.94. The number of amides is 2. The van der Waals surface area contributed by atoms with E-state index in [1.807, 2.05) is 36.4 Å². The first-order chi connectivity index (χ1) is 14.9. The van der Waals surface area contributed by atoms with Crippen LogP contribution in [-0.4, -0.2) is 36.6 Å². The van der Waals surface area contributed by atoms with Crippen molar-refractivity contribution in [1.82, 2.24) is 4.90 Å². The maximum Gasteiger partial charge on any atom is 0.325 e. The quantitative estimate of drug-likeness (QED) is 0.307. The van der Waals surface area contributed by atoms with Crippen LogP contribution >= 0.6 is 39.1 Å². The fourth-order valence-electron chi connectivity index (χ4n) is 3.36. The highest BCUT2D eigenvalue weighted by Gasteiger charge is 2.29. The van der Waals surface area contributed by atoms with Gasteiger partial charge in [-0.1, -0.05) is 51.3 Å². The lowest BCUT2D eigenvalue weighted by atomic mass is 10.1. The molecule has 2 aromatic rings. The monoisotopic (exact) mass is 524 g/mol. The van der Waals surface area contributed by atoms with Crippen LogP contribution in [0.1, 0.15) is 25.3 Å². The van der Waals surface area contributed by atoms with Crippen molar-refractivity contribution in [3.8, 4) is 0 Å². The molecule has 1 saturated heterocycles. The third kappa shape index (κ3) is 6.48. The van der Waals surface area contributed by atoms with Gasteiger partial charge >= 0.3 is 12.0 Å². The molecule has 1 heterocycles. The summed E-state index contributed by atoms with van der Waals surface area (Å²) in [6.07, 6.45) is 2.89. The van der Waals surface area contributed by atoms with E-state index in [4.69, 9.17) is 27.9 Å². The number of anilines is 1. The molecule has 8 heteroatoms. The summed E-state index contributed by atoms with van der Waals surface area (Å²) in [6.45, 7) is 3.45. The second-order valence-electron chi connectivity index (χ2n) is 7.14. The van der Waals surface area contributed by atoms with Crippen molar-refractivity contribution >= 4 is 56.8 Å². The summed E-state index contributed by atoms with van der Waals surface area (Å²) >= 11 is 15.8. The molecule has 1 fully saturated rings. The summed E-state index contributed by atoms with van der Waals surface area (Å²) in [6, 6.07) is 12.8. The van der Waals surface area contributed by atoms with E-state index in [2.05, 4.69) is 15.9 Å². The molecule has 0 bridgehead atoms. The average Bonchev–Trinajstić information content (AvgIpc) is 2.73. The zero-order valence-corrected chi connectivity index (χ0v) is 20.2. The van der Waals surface area contributed by atoms with Crippen LogP contribution in [0.2, 0.25) is 10.0 Å². The zero-order chi connectivity index (χ0) is 22.4. The maximum atomic E-state index is 13.3. The standard InChI is InChI=1S/C23H23BrCl2N2O3/c1-2-31-22(29)5-3-4-16-13-27(15-17-6-9-19(25)12-21(17)26)23(30)28(14-16)20-10-7-18(24)8-11-20/h4,6-12H,2-3,5,13-15H2,1H3/b16-4+. The van der Waals surface area contributed by atoms with E-state index in [1.54, 1.807) is 28.9 Å². The first kappa shape index (κ1) is 23.6. The van der Waals surface area contributed by atoms with Gasteiger partial charge in [0.15, 0.2) is 0 Å². The summed E-state index contributed by atoms with van der Waals surface area (Å²) in [4.78, 5) is 28.4. The van der Waals surface area contributed by atoms with Crippen LogP contribution < -0.4 is 4.90 Å². The zero-order valence-electron chi connectivity index (χ0n) is 17.1. The number of ether oxygens (including phenoxy) is 1. The number of urea groups is 1. The predicted octanol–water partition coefficient (Wildman–Crippen LogP) is 6.47. The fraction of sp³-hybridized carbons (Fsp3) is 0.304. The molecule has 0 aliphatic carbocycles. The Labute approximate surface area is 200 Å². The van der Waals surface area contributed by atoms with Gasteiger partial charge in [-0.05, 0) is 60.9 Å². The number of carbonyl (C=O) groups excluding carboxylic acids is 2. The number of nitrogens with zero attached hydrogens (tertiary/aromatic N) is 2. The van der Waals surface area contributed by atoms with E-state index < -0.39 is 0 Å². The van der Waals surface area contributed by atoms with Gasteiger partial charge in [0.2, 0.25) is 0 Å². The molecule has 0 aromatic heterocycles. The Kier molecular flexibility index (Phi) is 8.41. The summed E-state index contributed by atoms with van der Waals surface area (Å²) in [5.41, 5.74) is 2.68. The van der Waals surface area contributed by atoms with Crippen molar-refractivity contribution in [1.29, 1.82) is 0 Å². The van der Waals surface area contributed by atoms with Gasteiger partial charge in [0.1, 0.15) is 0 Å². The number of esters is 1. The molecule has 1 aliphatic rings. The minimum atomic E-state index is -0.221. The van der Waals surface area contributed by atoms with Crippen LogP contribution in [0.25, 0.3) is 0 Å². The number of allylic oxidation sites excluding steroid dienone is 1. The Morgan fingerprint density at radius 2 is 1.90 bits per heavy atom. The molecule has 164 valence electrons. The van der Waals surface area contributed by atoms with Gasteiger partial charge in [-0.15, -0.1) is 0 Å². The predicted molar refractivity (Wildman–Crippen MR) is 128 cm³/mol. The topological polar surface area (TPSA) is 49.9 Å². The minimum absolute atomic E-state index is 0.101. The van der Waals surface area contributed by atoms with Crippen molar-refractivity contribution in [2.45, 2.75) is 26.3 Å². The van der Waals surface area contributed by atoms with E-state index in [1.165, 1.54) is 0 Å². The highest BCUT2D eigenvalue weighted by atomic mass is 79.9.